The molecule has 1 aromatic rings. The molecule has 0 amide bonds. The van der Waals surface area contributed by atoms with Gasteiger partial charge < -0.3 is 9.30 Å². The Bertz CT molecular complexity index is 409. The summed E-state index contributed by atoms with van der Waals surface area (Å²) in [6.07, 6.45) is 2.12. The fourth-order valence-electron chi connectivity index (χ4n) is 1.72. The van der Waals surface area contributed by atoms with Gasteiger partial charge in [-0.25, -0.2) is 0 Å². The Hall–Kier alpha value is -1.32. The first kappa shape index (κ1) is 9.24. The number of aromatic nitrogens is 2. The maximum atomic E-state index is 11.4. The lowest BCUT2D eigenvalue weighted by Gasteiger charge is -2.13. The Balaban J connectivity index is 2.63. The van der Waals surface area contributed by atoms with Crippen LogP contribution in [-0.2, 0) is 6.54 Å². The summed E-state index contributed by atoms with van der Waals surface area (Å²) in [7, 11) is 0. The van der Waals surface area contributed by atoms with E-state index < -0.39 is 0 Å². The SMILES string of the molecule is Cc1c2n(c(C)nc1=O)CCCCO2. The predicted molar refractivity (Wildman–Crippen MR) is 52.7 cm³/mol. The summed E-state index contributed by atoms with van der Waals surface area (Å²) in [4.78, 5) is 15.4. The Kier molecular flexibility index (Phi) is 2.27. The standard InChI is InChI=1S/C10H14N2O2/c1-7-9(13)11-8(2)12-5-3-4-6-14-10(7)12/h3-6H2,1-2H3. The predicted octanol–water partition coefficient (Wildman–Crippen LogP) is 1.03. The summed E-state index contributed by atoms with van der Waals surface area (Å²) in [5, 5.41) is 0. The first-order valence-electron chi connectivity index (χ1n) is 4.91. The number of fused-ring (bicyclic) bond motifs is 1. The molecular formula is C10H14N2O2. The molecule has 1 aliphatic rings. The highest BCUT2D eigenvalue weighted by Crippen LogP contribution is 2.19. The summed E-state index contributed by atoms with van der Waals surface area (Å²) in [5.41, 5.74) is 0.452. The highest BCUT2D eigenvalue weighted by Gasteiger charge is 2.15. The van der Waals surface area contributed by atoms with Gasteiger partial charge in [-0.3, -0.25) is 4.79 Å². The van der Waals surface area contributed by atoms with Gasteiger partial charge in [0.05, 0.1) is 12.2 Å². The smallest absolute Gasteiger partial charge is 0.279 e. The van der Waals surface area contributed by atoms with Crippen LogP contribution in [0.15, 0.2) is 4.79 Å². The van der Waals surface area contributed by atoms with Crippen LogP contribution < -0.4 is 10.3 Å². The molecule has 2 rings (SSSR count). The van der Waals surface area contributed by atoms with E-state index in [4.69, 9.17) is 4.74 Å². The van der Waals surface area contributed by atoms with E-state index in [2.05, 4.69) is 4.98 Å². The summed E-state index contributed by atoms with van der Waals surface area (Å²) in [5.74, 6) is 1.46. The maximum absolute atomic E-state index is 11.4. The van der Waals surface area contributed by atoms with Gasteiger partial charge in [0.15, 0.2) is 0 Å². The first-order valence-corrected chi connectivity index (χ1v) is 4.91. The maximum Gasteiger partial charge on any atom is 0.279 e. The van der Waals surface area contributed by atoms with Crippen molar-refractivity contribution in [1.82, 2.24) is 9.55 Å². The minimum Gasteiger partial charge on any atom is -0.478 e. The van der Waals surface area contributed by atoms with Crippen LogP contribution in [0.3, 0.4) is 0 Å². The highest BCUT2D eigenvalue weighted by molar-refractivity contribution is 5.24. The molecule has 0 unspecified atom stereocenters. The largest absolute Gasteiger partial charge is 0.478 e. The Labute approximate surface area is 82.5 Å². The van der Waals surface area contributed by atoms with Crippen LogP contribution in [-0.4, -0.2) is 16.2 Å². The van der Waals surface area contributed by atoms with Gasteiger partial charge in [-0.1, -0.05) is 0 Å². The molecule has 0 saturated carbocycles. The molecule has 4 heteroatoms. The molecule has 0 radical (unpaired) electrons. The third-order valence-corrected chi connectivity index (χ3v) is 2.56. The van der Waals surface area contributed by atoms with Crippen molar-refractivity contribution in [3.63, 3.8) is 0 Å². The average molecular weight is 194 g/mol. The Morgan fingerprint density at radius 1 is 1.36 bits per heavy atom. The van der Waals surface area contributed by atoms with Crippen LogP contribution in [0.25, 0.3) is 0 Å². The molecule has 0 fully saturated rings. The van der Waals surface area contributed by atoms with Gasteiger partial charge in [0.2, 0.25) is 5.88 Å². The molecule has 14 heavy (non-hydrogen) atoms. The van der Waals surface area contributed by atoms with E-state index in [1.165, 1.54) is 0 Å². The zero-order valence-electron chi connectivity index (χ0n) is 8.54. The number of hydrogen-bond donors (Lipinski definition) is 0. The Morgan fingerprint density at radius 2 is 2.14 bits per heavy atom. The Morgan fingerprint density at radius 3 is 2.93 bits per heavy atom. The van der Waals surface area contributed by atoms with Crippen molar-refractivity contribution in [1.29, 1.82) is 0 Å². The van der Waals surface area contributed by atoms with Crippen LogP contribution in [0.1, 0.15) is 24.2 Å². The van der Waals surface area contributed by atoms with Gasteiger partial charge in [0, 0.05) is 6.54 Å². The summed E-state index contributed by atoms with van der Waals surface area (Å²) in [6, 6.07) is 0. The van der Waals surface area contributed by atoms with Crippen molar-refractivity contribution in [2.24, 2.45) is 0 Å². The van der Waals surface area contributed by atoms with Crippen molar-refractivity contribution >= 4 is 0 Å². The normalized spacial score (nSPS) is 15.6. The third kappa shape index (κ3) is 1.41. The van der Waals surface area contributed by atoms with Gasteiger partial charge in [-0.2, -0.15) is 4.98 Å². The molecule has 0 bridgehead atoms. The number of nitrogens with zero attached hydrogens (tertiary/aromatic N) is 2. The topological polar surface area (TPSA) is 44.1 Å². The molecule has 4 nitrogen and oxygen atoms in total. The zero-order chi connectivity index (χ0) is 10.1. The molecule has 0 N–H and O–H groups in total. The number of rotatable bonds is 0. The van der Waals surface area contributed by atoms with E-state index in [0.717, 1.165) is 25.2 Å². The van der Waals surface area contributed by atoms with Crippen LogP contribution in [0, 0.1) is 13.8 Å². The number of hydrogen-bond acceptors (Lipinski definition) is 3. The fourth-order valence-corrected chi connectivity index (χ4v) is 1.72. The monoisotopic (exact) mass is 194 g/mol. The van der Waals surface area contributed by atoms with Gasteiger partial charge in [0.25, 0.3) is 5.56 Å². The van der Waals surface area contributed by atoms with Crippen molar-refractivity contribution < 1.29 is 4.74 Å². The fraction of sp³-hybridized carbons (Fsp3) is 0.600. The molecule has 0 saturated heterocycles. The van der Waals surface area contributed by atoms with Crippen LogP contribution in [0.2, 0.25) is 0 Å². The third-order valence-electron chi connectivity index (χ3n) is 2.56. The van der Waals surface area contributed by atoms with E-state index in [1.54, 1.807) is 6.92 Å². The van der Waals surface area contributed by atoms with Gasteiger partial charge in [-0.05, 0) is 26.7 Å². The van der Waals surface area contributed by atoms with E-state index in [1.807, 2.05) is 11.5 Å². The van der Waals surface area contributed by atoms with Crippen molar-refractivity contribution in [2.75, 3.05) is 6.61 Å². The summed E-state index contributed by atoms with van der Waals surface area (Å²) in [6.45, 7) is 5.21. The summed E-state index contributed by atoms with van der Waals surface area (Å²) < 4.78 is 7.55. The molecule has 1 aliphatic heterocycles. The van der Waals surface area contributed by atoms with Crippen molar-refractivity contribution in [3.05, 3.63) is 21.7 Å². The second kappa shape index (κ2) is 3.44. The lowest BCUT2D eigenvalue weighted by Crippen LogP contribution is -2.20. The molecule has 2 heterocycles. The van der Waals surface area contributed by atoms with E-state index in [9.17, 15) is 4.79 Å². The molecule has 0 aliphatic carbocycles. The van der Waals surface area contributed by atoms with E-state index in [-0.39, 0.29) is 5.56 Å². The van der Waals surface area contributed by atoms with Crippen LogP contribution in [0.5, 0.6) is 5.88 Å². The van der Waals surface area contributed by atoms with Crippen LogP contribution in [0.4, 0.5) is 0 Å². The van der Waals surface area contributed by atoms with Gasteiger partial charge in [-0.15, -0.1) is 0 Å². The first-order chi connectivity index (χ1) is 6.70. The lowest BCUT2D eigenvalue weighted by atomic mass is 10.3. The highest BCUT2D eigenvalue weighted by atomic mass is 16.5. The molecule has 76 valence electrons. The van der Waals surface area contributed by atoms with Gasteiger partial charge in [0.1, 0.15) is 5.82 Å². The zero-order valence-corrected chi connectivity index (χ0v) is 8.54. The lowest BCUT2D eigenvalue weighted by molar-refractivity contribution is 0.299. The molecule has 0 atom stereocenters. The molecule has 0 aromatic carbocycles. The minimum absolute atomic E-state index is 0.171. The van der Waals surface area contributed by atoms with Crippen molar-refractivity contribution in [2.45, 2.75) is 33.2 Å². The molecule has 1 aromatic heterocycles. The quantitative estimate of drug-likeness (QED) is 0.619. The molecular weight excluding hydrogens is 180 g/mol. The average Bonchev–Trinajstić information content (AvgIpc) is 2.39. The second-order valence-electron chi connectivity index (χ2n) is 3.60. The van der Waals surface area contributed by atoms with E-state index in [0.29, 0.717) is 18.1 Å². The second-order valence-corrected chi connectivity index (χ2v) is 3.60. The van der Waals surface area contributed by atoms with Crippen LogP contribution >= 0.6 is 0 Å². The minimum atomic E-state index is -0.171. The van der Waals surface area contributed by atoms with E-state index >= 15 is 0 Å². The summed E-state index contributed by atoms with van der Waals surface area (Å²) >= 11 is 0. The van der Waals surface area contributed by atoms with Crippen molar-refractivity contribution in [3.8, 4) is 5.88 Å². The molecule has 0 spiro atoms. The number of aryl methyl sites for hydroxylation is 1. The number of ether oxygens (including phenoxy) is 1. The van der Waals surface area contributed by atoms with Gasteiger partial charge >= 0.3 is 0 Å².